The van der Waals surface area contributed by atoms with Crippen LogP contribution in [0.5, 0.6) is 0 Å². The molecule has 0 unspecified atom stereocenters. The third-order valence-electron chi connectivity index (χ3n) is 5.28. The van der Waals surface area contributed by atoms with E-state index in [-0.39, 0.29) is 12.5 Å². The van der Waals surface area contributed by atoms with Crippen molar-refractivity contribution in [3.05, 3.63) is 95.3 Å². The minimum Gasteiger partial charge on any atom is -0.337 e. The van der Waals surface area contributed by atoms with Crippen molar-refractivity contribution < 1.29 is 9.32 Å². The van der Waals surface area contributed by atoms with Gasteiger partial charge in [-0.1, -0.05) is 72.2 Å². The maximum Gasteiger partial charge on any atom is 0.246 e. The van der Waals surface area contributed by atoms with Crippen molar-refractivity contribution in [3.63, 3.8) is 0 Å². The van der Waals surface area contributed by atoms with Gasteiger partial charge in [0.05, 0.1) is 18.8 Å². The number of carbonyl (C=O) groups excluding carboxylic acids is 1. The molecule has 0 saturated carbocycles. The van der Waals surface area contributed by atoms with Crippen molar-refractivity contribution >= 4 is 12.0 Å². The van der Waals surface area contributed by atoms with E-state index >= 15 is 0 Å². The molecule has 0 aliphatic rings. The lowest BCUT2D eigenvalue weighted by molar-refractivity contribution is -0.125. The molecule has 0 atom stereocenters. The van der Waals surface area contributed by atoms with Crippen LogP contribution in [0.1, 0.15) is 35.3 Å². The van der Waals surface area contributed by atoms with Gasteiger partial charge in [-0.3, -0.25) is 9.48 Å². The first kappa shape index (κ1) is 22.2. The summed E-state index contributed by atoms with van der Waals surface area (Å²) < 4.78 is 7.10. The maximum atomic E-state index is 12.7. The second-order valence-corrected chi connectivity index (χ2v) is 7.97. The Hall–Kier alpha value is -4.00. The Morgan fingerprint density at radius 3 is 2.58 bits per heavy atom. The number of rotatable bonds is 8. The zero-order valence-corrected chi connectivity index (χ0v) is 19.1. The fourth-order valence-electron chi connectivity index (χ4n) is 3.41. The molecule has 2 aromatic carbocycles. The van der Waals surface area contributed by atoms with E-state index in [1.54, 1.807) is 18.0 Å². The monoisotopic (exact) mass is 441 g/mol. The molecule has 4 aromatic rings. The van der Waals surface area contributed by atoms with Gasteiger partial charge in [-0.05, 0) is 18.6 Å². The molecular formula is C26H27N5O2. The molecule has 0 bridgehead atoms. The van der Waals surface area contributed by atoms with Crippen LogP contribution in [0, 0.1) is 6.92 Å². The van der Waals surface area contributed by atoms with Crippen LogP contribution < -0.4 is 0 Å². The van der Waals surface area contributed by atoms with E-state index in [0.29, 0.717) is 24.7 Å². The molecule has 7 nitrogen and oxygen atoms in total. The molecule has 0 fully saturated rings. The minimum absolute atomic E-state index is 0.156. The van der Waals surface area contributed by atoms with Crippen molar-refractivity contribution in [2.75, 3.05) is 7.05 Å². The molecule has 0 radical (unpaired) electrons. The number of hydrogen-bond donors (Lipinski definition) is 0. The Morgan fingerprint density at radius 1 is 1.12 bits per heavy atom. The van der Waals surface area contributed by atoms with Crippen LogP contribution in [0.2, 0.25) is 0 Å². The van der Waals surface area contributed by atoms with Crippen LogP contribution >= 0.6 is 0 Å². The van der Waals surface area contributed by atoms with Crippen molar-refractivity contribution in [1.29, 1.82) is 0 Å². The third-order valence-corrected chi connectivity index (χ3v) is 5.28. The van der Waals surface area contributed by atoms with Crippen LogP contribution in [-0.2, 0) is 24.3 Å². The predicted molar refractivity (Wildman–Crippen MR) is 127 cm³/mol. The van der Waals surface area contributed by atoms with Gasteiger partial charge in [-0.2, -0.15) is 10.1 Å². The lowest BCUT2D eigenvalue weighted by Gasteiger charge is -2.11. The number of benzene rings is 2. The predicted octanol–water partition coefficient (Wildman–Crippen LogP) is 4.52. The number of carbonyl (C=O) groups is 1. The van der Waals surface area contributed by atoms with Gasteiger partial charge in [-0.25, -0.2) is 0 Å². The van der Waals surface area contributed by atoms with Crippen molar-refractivity contribution in [2.45, 2.75) is 33.4 Å². The highest BCUT2D eigenvalue weighted by molar-refractivity contribution is 5.92. The van der Waals surface area contributed by atoms with Crippen LogP contribution in [0.15, 0.2) is 71.4 Å². The first-order valence-electron chi connectivity index (χ1n) is 10.9. The first-order chi connectivity index (χ1) is 16.0. The lowest BCUT2D eigenvalue weighted by atomic mass is 10.1. The number of aryl methyl sites for hydroxylation is 2. The molecule has 4 rings (SSSR count). The number of likely N-dealkylation sites (N-methyl/N-ethyl adjacent to an activating group) is 1. The Bertz CT molecular complexity index is 1240. The largest absolute Gasteiger partial charge is 0.337 e. The van der Waals surface area contributed by atoms with E-state index in [1.807, 2.05) is 42.1 Å². The highest BCUT2D eigenvalue weighted by atomic mass is 16.5. The van der Waals surface area contributed by atoms with Gasteiger partial charge >= 0.3 is 0 Å². The summed E-state index contributed by atoms with van der Waals surface area (Å²) in [6.07, 6.45) is 6.03. The van der Waals surface area contributed by atoms with E-state index in [9.17, 15) is 4.79 Å². The van der Waals surface area contributed by atoms with E-state index in [0.717, 1.165) is 22.4 Å². The molecule has 0 aliphatic heterocycles. The standard InChI is InChI=1S/C26H27N5O2/c1-4-23-27-24(33-29-23)18-30(3)25(32)15-14-22-17-31(16-20-8-6-5-7-9-20)28-26(22)21-12-10-19(2)11-13-21/h5-15,17H,4,16,18H2,1-3H3/b15-14+. The molecule has 0 saturated heterocycles. The second kappa shape index (κ2) is 10.1. The molecular weight excluding hydrogens is 414 g/mol. The van der Waals surface area contributed by atoms with Gasteiger partial charge in [0, 0.05) is 36.9 Å². The molecule has 2 aromatic heterocycles. The summed E-state index contributed by atoms with van der Waals surface area (Å²) in [4.78, 5) is 18.5. The summed E-state index contributed by atoms with van der Waals surface area (Å²) in [7, 11) is 1.71. The first-order valence-corrected chi connectivity index (χ1v) is 10.9. The fraction of sp³-hybridized carbons (Fsp3) is 0.231. The van der Waals surface area contributed by atoms with Gasteiger partial charge in [0.2, 0.25) is 11.8 Å². The van der Waals surface area contributed by atoms with Gasteiger partial charge in [0.25, 0.3) is 0 Å². The van der Waals surface area contributed by atoms with Crippen LogP contribution in [0.4, 0.5) is 0 Å². The number of nitrogens with zero attached hydrogens (tertiary/aromatic N) is 5. The Balaban J connectivity index is 1.55. The number of amides is 1. The molecule has 168 valence electrons. The average Bonchev–Trinajstić information content (AvgIpc) is 3.45. The molecule has 0 spiro atoms. The lowest BCUT2D eigenvalue weighted by Crippen LogP contribution is -2.24. The van der Waals surface area contributed by atoms with Crippen LogP contribution in [-0.4, -0.2) is 37.8 Å². The average molecular weight is 442 g/mol. The van der Waals surface area contributed by atoms with E-state index in [4.69, 9.17) is 9.62 Å². The van der Waals surface area contributed by atoms with E-state index < -0.39 is 0 Å². The van der Waals surface area contributed by atoms with Crippen molar-refractivity contribution in [1.82, 2.24) is 24.8 Å². The number of aromatic nitrogens is 4. The SMILES string of the molecule is CCc1noc(CN(C)C(=O)/C=C/c2cn(Cc3ccccc3)nc2-c2ccc(C)cc2)n1. The van der Waals surface area contributed by atoms with Gasteiger partial charge in [0.15, 0.2) is 5.82 Å². The summed E-state index contributed by atoms with van der Waals surface area (Å²) in [6, 6.07) is 18.4. The van der Waals surface area contributed by atoms with E-state index in [1.165, 1.54) is 5.56 Å². The summed E-state index contributed by atoms with van der Waals surface area (Å²) in [5.41, 5.74) is 5.06. The second-order valence-electron chi connectivity index (χ2n) is 7.97. The Kier molecular flexibility index (Phi) is 6.78. The summed E-state index contributed by atoms with van der Waals surface area (Å²) in [6.45, 7) is 4.92. The Labute approximate surface area is 193 Å². The van der Waals surface area contributed by atoms with Gasteiger partial charge in [0.1, 0.15) is 0 Å². The molecule has 1 amide bonds. The quantitative estimate of drug-likeness (QED) is 0.376. The molecule has 33 heavy (non-hydrogen) atoms. The van der Waals surface area contributed by atoms with Gasteiger partial charge < -0.3 is 9.42 Å². The summed E-state index contributed by atoms with van der Waals surface area (Å²) in [5.74, 6) is 0.902. The van der Waals surface area contributed by atoms with E-state index in [2.05, 4.69) is 53.5 Å². The third kappa shape index (κ3) is 5.63. The van der Waals surface area contributed by atoms with Crippen LogP contribution in [0.3, 0.4) is 0 Å². The Morgan fingerprint density at radius 2 is 1.88 bits per heavy atom. The van der Waals surface area contributed by atoms with Crippen molar-refractivity contribution in [2.24, 2.45) is 0 Å². The zero-order chi connectivity index (χ0) is 23.2. The zero-order valence-electron chi connectivity index (χ0n) is 19.1. The smallest absolute Gasteiger partial charge is 0.246 e. The molecule has 2 heterocycles. The molecule has 0 aliphatic carbocycles. The highest BCUT2D eigenvalue weighted by Gasteiger charge is 2.13. The topological polar surface area (TPSA) is 77.0 Å². The molecule has 0 N–H and O–H groups in total. The van der Waals surface area contributed by atoms with Crippen molar-refractivity contribution in [3.8, 4) is 11.3 Å². The van der Waals surface area contributed by atoms with Crippen LogP contribution in [0.25, 0.3) is 17.3 Å². The fourth-order valence-corrected chi connectivity index (χ4v) is 3.41. The summed E-state index contributed by atoms with van der Waals surface area (Å²) >= 11 is 0. The normalized spacial score (nSPS) is 11.2. The number of hydrogen-bond acceptors (Lipinski definition) is 5. The molecule has 7 heteroatoms. The summed E-state index contributed by atoms with van der Waals surface area (Å²) in [5, 5.41) is 8.69. The maximum absolute atomic E-state index is 12.7. The minimum atomic E-state index is -0.156. The highest BCUT2D eigenvalue weighted by Crippen LogP contribution is 2.24. The van der Waals surface area contributed by atoms with Gasteiger partial charge in [-0.15, -0.1) is 0 Å².